The van der Waals surface area contributed by atoms with Crippen molar-refractivity contribution < 1.29 is 4.79 Å². The van der Waals surface area contributed by atoms with Crippen molar-refractivity contribution in [2.24, 2.45) is 11.8 Å². The van der Waals surface area contributed by atoms with Crippen LogP contribution in [0.4, 0.5) is 0 Å². The number of pyridine rings is 1. The molecule has 0 aromatic carbocycles. The van der Waals surface area contributed by atoms with Crippen molar-refractivity contribution in [1.82, 2.24) is 9.88 Å². The third kappa shape index (κ3) is 3.20. The molecule has 1 aliphatic heterocycles. The fourth-order valence-corrected chi connectivity index (χ4v) is 3.77. The molecule has 2 fully saturated rings. The normalized spacial score (nSPS) is 24.0. The summed E-state index contributed by atoms with van der Waals surface area (Å²) in [6.45, 7) is 1.93. The van der Waals surface area contributed by atoms with Crippen molar-refractivity contribution in [3.63, 3.8) is 0 Å². The Hall–Kier alpha value is -1.38. The van der Waals surface area contributed by atoms with Gasteiger partial charge in [0, 0.05) is 25.0 Å². The number of carbonyl (C=O) groups excluding carboxylic acids is 1. The molecule has 0 spiro atoms. The van der Waals surface area contributed by atoms with E-state index in [-0.39, 0.29) is 5.91 Å². The Kier molecular flexibility index (Phi) is 4.34. The summed E-state index contributed by atoms with van der Waals surface area (Å²) in [5.41, 5.74) is 0.888. The summed E-state index contributed by atoms with van der Waals surface area (Å²) in [4.78, 5) is 18.6. The number of aromatic nitrogens is 1. The van der Waals surface area contributed by atoms with E-state index in [0.717, 1.165) is 30.6 Å². The van der Waals surface area contributed by atoms with Crippen LogP contribution in [0.1, 0.15) is 44.2 Å². The third-order valence-electron chi connectivity index (χ3n) is 4.95. The highest BCUT2D eigenvalue weighted by Crippen LogP contribution is 2.35. The van der Waals surface area contributed by atoms with E-state index in [4.69, 9.17) is 0 Å². The number of hydrogen-bond donors (Lipinski definition) is 0. The molecular weight excluding hydrogens is 248 g/mol. The second kappa shape index (κ2) is 6.38. The first-order valence-electron chi connectivity index (χ1n) is 8.00. The van der Waals surface area contributed by atoms with Crippen molar-refractivity contribution >= 4 is 5.91 Å². The maximum absolute atomic E-state index is 12.3. The minimum Gasteiger partial charge on any atom is -0.342 e. The van der Waals surface area contributed by atoms with Crippen LogP contribution in [0.3, 0.4) is 0 Å². The van der Waals surface area contributed by atoms with Gasteiger partial charge >= 0.3 is 0 Å². The molecule has 1 saturated carbocycles. The maximum Gasteiger partial charge on any atom is 0.228 e. The van der Waals surface area contributed by atoms with Crippen LogP contribution >= 0.6 is 0 Å². The van der Waals surface area contributed by atoms with Crippen molar-refractivity contribution in [2.75, 3.05) is 13.1 Å². The van der Waals surface area contributed by atoms with E-state index in [0.29, 0.717) is 6.42 Å². The molecule has 1 aromatic rings. The van der Waals surface area contributed by atoms with Gasteiger partial charge in [-0.3, -0.25) is 9.78 Å². The van der Waals surface area contributed by atoms with Crippen LogP contribution in [0.25, 0.3) is 0 Å². The number of likely N-dealkylation sites (tertiary alicyclic amines) is 1. The van der Waals surface area contributed by atoms with E-state index in [1.54, 1.807) is 6.20 Å². The first-order chi connectivity index (χ1) is 9.83. The largest absolute Gasteiger partial charge is 0.342 e. The van der Waals surface area contributed by atoms with Gasteiger partial charge in [0.15, 0.2) is 0 Å². The molecule has 3 nitrogen and oxygen atoms in total. The predicted octanol–water partition coefficient (Wildman–Crippen LogP) is 3.05. The van der Waals surface area contributed by atoms with E-state index in [1.165, 1.54) is 38.5 Å². The van der Waals surface area contributed by atoms with Gasteiger partial charge in [0.25, 0.3) is 0 Å². The highest BCUT2D eigenvalue weighted by Gasteiger charge is 2.32. The second-order valence-corrected chi connectivity index (χ2v) is 6.28. The number of carbonyl (C=O) groups is 1. The van der Waals surface area contributed by atoms with Crippen molar-refractivity contribution in [1.29, 1.82) is 0 Å². The molecule has 2 aliphatic rings. The van der Waals surface area contributed by atoms with Gasteiger partial charge in [-0.05, 0) is 30.4 Å². The number of rotatable bonds is 3. The average molecular weight is 272 g/mol. The molecule has 108 valence electrons. The molecular formula is C17H24N2O. The second-order valence-electron chi connectivity index (χ2n) is 6.28. The van der Waals surface area contributed by atoms with Crippen LogP contribution in [0, 0.1) is 11.8 Å². The first kappa shape index (κ1) is 13.6. The van der Waals surface area contributed by atoms with E-state index in [1.807, 2.05) is 18.2 Å². The van der Waals surface area contributed by atoms with Crippen molar-refractivity contribution in [3.8, 4) is 0 Å². The molecule has 3 heteroatoms. The zero-order valence-electron chi connectivity index (χ0n) is 12.1. The summed E-state index contributed by atoms with van der Waals surface area (Å²) < 4.78 is 0. The fourth-order valence-electron chi connectivity index (χ4n) is 3.77. The van der Waals surface area contributed by atoms with E-state index in [9.17, 15) is 4.79 Å². The van der Waals surface area contributed by atoms with Gasteiger partial charge in [0.2, 0.25) is 5.91 Å². The molecule has 1 unspecified atom stereocenters. The summed E-state index contributed by atoms with van der Waals surface area (Å²) in [7, 11) is 0. The van der Waals surface area contributed by atoms with Gasteiger partial charge in [-0.1, -0.05) is 38.2 Å². The number of hydrogen-bond acceptors (Lipinski definition) is 2. The zero-order valence-corrected chi connectivity index (χ0v) is 12.1. The molecule has 1 saturated heterocycles. The minimum atomic E-state index is 0.252. The Bertz CT molecular complexity index is 440. The maximum atomic E-state index is 12.3. The van der Waals surface area contributed by atoms with Crippen molar-refractivity contribution in [3.05, 3.63) is 30.1 Å². The Labute approximate surface area is 121 Å². The summed E-state index contributed by atoms with van der Waals surface area (Å²) >= 11 is 0. The van der Waals surface area contributed by atoms with Crippen LogP contribution in [0.2, 0.25) is 0 Å². The molecule has 0 N–H and O–H groups in total. The third-order valence-corrected chi connectivity index (χ3v) is 4.95. The Balaban J connectivity index is 1.52. The van der Waals surface area contributed by atoms with E-state index >= 15 is 0 Å². The molecule has 1 aromatic heterocycles. The van der Waals surface area contributed by atoms with Gasteiger partial charge in [-0.25, -0.2) is 0 Å². The highest BCUT2D eigenvalue weighted by molar-refractivity contribution is 5.78. The van der Waals surface area contributed by atoms with Crippen LogP contribution in [0.5, 0.6) is 0 Å². The Morgan fingerprint density at radius 1 is 1.15 bits per heavy atom. The first-order valence-corrected chi connectivity index (χ1v) is 8.00. The highest BCUT2D eigenvalue weighted by atomic mass is 16.2. The van der Waals surface area contributed by atoms with Gasteiger partial charge < -0.3 is 4.90 Å². The number of nitrogens with zero attached hydrogens (tertiary/aromatic N) is 2. The van der Waals surface area contributed by atoms with Crippen LogP contribution in [-0.2, 0) is 11.2 Å². The summed E-state index contributed by atoms with van der Waals surface area (Å²) in [5.74, 6) is 1.88. The molecule has 2 heterocycles. The standard InChI is InChI=1S/C17H24N2O/c20-17(12-16-8-4-5-10-18-16)19-11-9-15(13-19)14-6-2-1-3-7-14/h4-5,8,10,14-15H,1-3,6-7,9,11-13H2. The van der Waals surface area contributed by atoms with Gasteiger partial charge in [-0.15, -0.1) is 0 Å². The predicted molar refractivity (Wildman–Crippen MR) is 79.2 cm³/mol. The molecule has 20 heavy (non-hydrogen) atoms. The quantitative estimate of drug-likeness (QED) is 0.847. The SMILES string of the molecule is O=C(Cc1ccccn1)N1CCC(C2CCCCC2)C1. The summed E-state index contributed by atoms with van der Waals surface area (Å²) in [5, 5.41) is 0. The van der Waals surface area contributed by atoms with Gasteiger partial charge in [0.05, 0.1) is 6.42 Å². The zero-order chi connectivity index (χ0) is 13.8. The Morgan fingerprint density at radius 2 is 2.00 bits per heavy atom. The number of amides is 1. The molecule has 3 rings (SSSR count). The minimum absolute atomic E-state index is 0.252. The molecule has 1 amide bonds. The topological polar surface area (TPSA) is 33.2 Å². The lowest BCUT2D eigenvalue weighted by Gasteiger charge is -2.27. The van der Waals surface area contributed by atoms with E-state index in [2.05, 4.69) is 9.88 Å². The van der Waals surface area contributed by atoms with Crippen LogP contribution in [0.15, 0.2) is 24.4 Å². The van der Waals surface area contributed by atoms with E-state index < -0.39 is 0 Å². The van der Waals surface area contributed by atoms with Crippen molar-refractivity contribution in [2.45, 2.75) is 44.9 Å². The molecule has 0 radical (unpaired) electrons. The monoisotopic (exact) mass is 272 g/mol. The molecule has 1 atom stereocenters. The lowest BCUT2D eigenvalue weighted by atomic mass is 9.80. The molecule has 0 bridgehead atoms. The average Bonchev–Trinajstić information content (AvgIpc) is 2.99. The molecule has 1 aliphatic carbocycles. The summed E-state index contributed by atoms with van der Waals surface area (Å²) in [6.07, 6.45) is 10.4. The Morgan fingerprint density at radius 3 is 2.75 bits per heavy atom. The van der Waals surface area contributed by atoms with Crippen LogP contribution in [-0.4, -0.2) is 28.9 Å². The summed E-state index contributed by atoms with van der Waals surface area (Å²) in [6, 6.07) is 5.78. The van der Waals surface area contributed by atoms with Gasteiger partial charge in [-0.2, -0.15) is 0 Å². The fraction of sp³-hybridized carbons (Fsp3) is 0.647. The van der Waals surface area contributed by atoms with Crippen LogP contribution < -0.4 is 0 Å². The lowest BCUT2D eigenvalue weighted by Crippen LogP contribution is -2.31. The smallest absolute Gasteiger partial charge is 0.228 e. The lowest BCUT2D eigenvalue weighted by molar-refractivity contribution is -0.129. The van der Waals surface area contributed by atoms with Gasteiger partial charge in [0.1, 0.15) is 0 Å².